The molecule has 5 aromatic rings. The number of aromatic nitrogens is 7. The molecular weight excluding hydrogens is 397 g/mol. The van der Waals surface area contributed by atoms with Crippen LogP contribution in [0.25, 0.3) is 33.5 Å². The summed E-state index contributed by atoms with van der Waals surface area (Å²) in [5.41, 5.74) is 1.77. The number of nitrogens with one attached hydrogen (secondary N) is 1. The molecule has 1 aromatic carbocycles. The van der Waals surface area contributed by atoms with Crippen molar-refractivity contribution in [3.05, 3.63) is 72.3 Å². The maximum Gasteiger partial charge on any atom is 0.183 e. The summed E-state index contributed by atoms with van der Waals surface area (Å²) in [5, 5.41) is 20.7. The number of halogens is 1. The Morgan fingerprint density at radius 3 is 2.68 bits per heavy atom. The Labute approximate surface area is 177 Å². The van der Waals surface area contributed by atoms with Gasteiger partial charge >= 0.3 is 0 Å². The van der Waals surface area contributed by atoms with Crippen LogP contribution in [0.4, 0.5) is 4.39 Å². The highest BCUT2D eigenvalue weighted by molar-refractivity contribution is 5.94. The molecule has 0 spiro atoms. The Hall–Kier alpha value is -3.85. The summed E-state index contributed by atoms with van der Waals surface area (Å²) >= 11 is 0. The van der Waals surface area contributed by atoms with E-state index in [0.29, 0.717) is 11.5 Å². The Balaban J connectivity index is 1.61. The first-order valence-corrected chi connectivity index (χ1v) is 9.70. The third-order valence-electron chi connectivity index (χ3n) is 5.41. The van der Waals surface area contributed by atoms with Crippen LogP contribution in [0, 0.1) is 5.82 Å². The summed E-state index contributed by atoms with van der Waals surface area (Å²) in [6, 6.07) is 8.10. The van der Waals surface area contributed by atoms with E-state index in [1.165, 1.54) is 17.7 Å². The molecule has 156 valence electrons. The number of aromatic amines is 1. The standard InChI is InChI=1S/C22H20FN7O/c1-22(31,17-6-4-5-7-18(17)23)21-27-20(28-30(21)3)16-11-25-19-15(16)8-13(9-24-19)14-10-26-29(2)12-14/h4-12,31H,1-3H3,(H,24,25). The van der Waals surface area contributed by atoms with Gasteiger partial charge in [-0.2, -0.15) is 10.2 Å². The second kappa shape index (κ2) is 6.85. The first kappa shape index (κ1) is 19.1. The number of fused-ring (bicyclic) bond motifs is 1. The molecule has 0 amide bonds. The van der Waals surface area contributed by atoms with Crippen LogP contribution in [-0.4, -0.2) is 39.6 Å². The number of aliphatic hydroxyl groups is 1. The van der Waals surface area contributed by atoms with Gasteiger partial charge < -0.3 is 10.1 Å². The molecular formula is C22H20FN7O. The van der Waals surface area contributed by atoms with E-state index in [9.17, 15) is 9.50 Å². The third kappa shape index (κ3) is 3.10. The molecule has 9 heteroatoms. The van der Waals surface area contributed by atoms with Gasteiger partial charge in [0.1, 0.15) is 17.1 Å². The van der Waals surface area contributed by atoms with Crippen molar-refractivity contribution < 1.29 is 9.50 Å². The van der Waals surface area contributed by atoms with Gasteiger partial charge in [-0.1, -0.05) is 18.2 Å². The fraction of sp³-hybridized carbons (Fsp3) is 0.182. The van der Waals surface area contributed by atoms with Gasteiger partial charge in [0.25, 0.3) is 0 Å². The van der Waals surface area contributed by atoms with Crippen molar-refractivity contribution in [1.82, 2.24) is 34.5 Å². The highest BCUT2D eigenvalue weighted by Gasteiger charge is 2.34. The number of hydrogen-bond donors (Lipinski definition) is 2. The third-order valence-corrected chi connectivity index (χ3v) is 5.41. The molecule has 1 unspecified atom stereocenters. The number of aryl methyl sites for hydroxylation is 2. The lowest BCUT2D eigenvalue weighted by Gasteiger charge is -2.22. The monoisotopic (exact) mass is 417 g/mol. The molecule has 4 heterocycles. The van der Waals surface area contributed by atoms with Gasteiger partial charge in [-0.15, -0.1) is 0 Å². The van der Waals surface area contributed by atoms with Crippen LogP contribution in [0.15, 0.2) is 55.1 Å². The quantitative estimate of drug-likeness (QED) is 0.468. The second-order valence-corrected chi connectivity index (χ2v) is 7.66. The number of nitrogens with zero attached hydrogens (tertiary/aromatic N) is 6. The lowest BCUT2D eigenvalue weighted by molar-refractivity contribution is 0.0840. The molecule has 8 nitrogen and oxygen atoms in total. The van der Waals surface area contributed by atoms with Crippen molar-refractivity contribution >= 4 is 11.0 Å². The van der Waals surface area contributed by atoms with Crippen LogP contribution in [0.1, 0.15) is 18.3 Å². The predicted octanol–water partition coefficient (Wildman–Crippen LogP) is 3.15. The molecule has 0 saturated heterocycles. The molecule has 0 aliphatic heterocycles. The zero-order valence-electron chi connectivity index (χ0n) is 17.2. The zero-order valence-corrected chi connectivity index (χ0v) is 17.2. The van der Waals surface area contributed by atoms with E-state index < -0.39 is 11.4 Å². The van der Waals surface area contributed by atoms with Crippen molar-refractivity contribution in [3.8, 4) is 22.5 Å². The van der Waals surface area contributed by atoms with E-state index in [1.807, 2.05) is 19.3 Å². The van der Waals surface area contributed by atoms with Crippen LogP contribution in [-0.2, 0) is 19.7 Å². The van der Waals surface area contributed by atoms with Crippen LogP contribution in [0.3, 0.4) is 0 Å². The van der Waals surface area contributed by atoms with Gasteiger partial charge in [0.2, 0.25) is 0 Å². The number of benzene rings is 1. The molecule has 2 N–H and O–H groups in total. The first-order valence-electron chi connectivity index (χ1n) is 9.70. The minimum Gasteiger partial charge on any atom is -0.377 e. The van der Waals surface area contributed by atoms with Gasteiger partial charge in [-0.05, 0) is 19.1 Å². The lowest BCUT2D eigenvalue weighted by Crippen LogP contribution is -2.28. The molecule has 5 rings (SSSR count). The molecule has 1 atom stereocenters. The second-order valence-electron chi connectivity index (χ2n) is 7.66. The highest BCUT2D eigenvalue weighted by atomic mass is 19.1. The minimum atomic E-state index is -1.66. The van der Waals surface area contributed by atoms with Crippen LogP contribution in [0.5, 0.6) is 0 Å². The number of rotatable bonds is 4. The average Bonchev–Trinajstić information content (AvgIpc) is 3.45. The normalized spacial score (nSPS) is 13.6. The Bertz CT molecular complexity index is 1410. The van der Waals surface area contributed by atoms with Crippen molar-refractivity contribution in [1.29, 1.82) is 0 Å². The summed E-state index contributed by atoms with van der Waals surface area (Å²) in [6.45, 7) is 1.51. The molecule has 0 bridgehead atoms. The van der Waals surface area contributed by atoms with Crippen molar-refractivity contribution in [2.24, 2.45) is 14.1 Å². The maximum absolute atomic E-state index is 14.4. The summed E-state index contributed by atoms with van der Waals surface area (Å²) in [5.74, 6) is 0.137. The zero-order chi connectivity index (χ0) is 21.8. The van der Waals surface area contributed by atoms with Gasteiger partial charge in [-0.25, -0.2) is 19.0 Å². The molecule has 0 aliphatic rings. The maximum atomic E-state index is 14.4. The van der Waals surface area contributed by atoms with E-state index in [1.54, 1.807) is 48.5 Å². The predicted molar refractivity (Wildman–Crippen MR) is 113 cm³/mol. The summed E-state index contributed by atoms with van der Waals surface area (Å²) in [6.07, 6.45) is 7.25. The molecule has 0 fully saturated rings. The fourth-order valence-electron chi connectivity index (χ4n) is 3.82. The summed E-state index contributed by atoms with van der Waals surface area (Å²) in [7, 11) is 3.54. The van der Waals surface area contributed by atoms with E-state index >= 15 is 0 Å². The molecule has 0 saturated carbocycles. The first-order chi connectivity index (χ1) is 14.8. The SMILES string of the molecule is Cn1cc(-c2cnc3[nH]cc(-c4nc(C(C)(O)c5ccccc5F)n(C)n4)c3c2)cn1. The lowest BCUT2D eigenvalue weighted by atomic mass is 9.94. The van der Waals surface area contributed by atoms with Gasteiger partial charge in [0.05, 0.1) is 6.20 Å². The topological polar surface area (TPSA) is 97.4 Å². The van der Waals surface area contributed by atoms with Crippen LogP contribution in [0.2, 0.25) is 0 Å². The molecule has 0 aliphatic carbocycles. The summed E-state index contributed by atoms with van der Waals surface area (Å²) < 4.78 is 17.6. The highest BCUT2D eigenvalue weighted by Crippen LogP contribution is 2.33. The van der Waals surface area contributed by atoms with E-state index in [2.05, 4.69) is 25.1 Å². The van der Waals surface area contributed by atoms with E-state index in [4.69, 9.17) is 0 Å². The molecule has 4 aromatic heterocycles. The van der Waals surface area contributed by atoms with Gasteiger partial charge in [0, 0.05) is 60.3 Å². The van der Waals surface area contributed by atoms with Crippen molar-refractivity contribution in [2.45, 2.75) is 12.5 Å². The largest absolute Gasteiger partial charge is 0.377 e. The fourth-order valence-corrected chi connectivity index (χ4v) is 3.82. The van der Waals surface area contributed by atoms with Crippen molar-refractivity contribution in [3.63, 3.8) is 0 Å². The summed E-state index contributed by atoms with van der Waals surface area (Å²) in [4.78, 5) is 12.2. The van der Waals surface area contributed by atoms with Gasteiger partial charge in [0.15, 0.2) is 11.6 Å². The molecule has 0 radical (unpaired) electrons. The molecule has 31 heavy (non-hydrogen) atoms. The van der Waals surface area contributed by atoms with E-state index in [0.717, 1.165) is 22.1 Å². The Morgan fingerprint density at radius 1 is 1.13 bits per heavy atom. The number of H-pyrrole nitrogens is 1. The number of hydrogen-bond acceptors (Lipinski definition) is 5. The average molecular weight is 417 g/mol. The Kier molecular flexibility index (Phi) is 4.23. The van der Waals surface area contributed by atoms with E-state index in [-0.39, 0.29) is 11.4 Å². The van der Waals surface area contributed by atoms with Crippen LogP contribution >= 0.6 is 0 Å². The minimum absolute atomic E-state index is 0.136. The number of pyridine rings is 1. The smallest absolute Gasteiger partial charge is 0.183 e. The Morgan fingerprint density at radius 2 is 1.94 bits per heavy atom. The van der Waals surface area contributed by atoms with Gasteiger partial charge in [-0.3, -0.25) is 4.68 Å². The van der Waals surface area contributed by atoms with Crippen LogP contribution < -0.4 is 0 Å². The van der Waals surface area contributed by atoms with Crippen molar-refractivity contribution in [2.75, 3.05) is 0 Å².